The fraction of sp³-hybridized carbons (Fsp3) is 0.562. The first-order chi connectivity index (χ1) is 10.4. The first-order valence-corrected chi connectivity index (χ1v) is 7.22. The van der Waals surface area contributed by atoms with Crippen molar-refractivity contribution in [1.29, 1.82) is 0 Å². The molecule has 4 atom stereocenters. The van der Waals surface area contributed by atoms with Crippen molar-refractivity contribution in [1.82, 2.24) is 0 Å². The molecule has 2 N–H and O–H groups in total. The minimum atomic E-state index is -1.33. The van der Waals surface area contributed by atoms with E-state index in [-0.39, 0.29) is 24.7 Å². The van der Waals surface area contributed by atoms with Gasteiger partial charge < -0.3 is 24.4 Å². The molecule has 0 spiro atoms. The van der Waals surface area contributed by atoms with E-state index in [9.17, 15) is 15.0 Å². The average molecular weight is 308 g/mol. The zero-order valence-electron chi connectivity index (χ0n) is 12.8. The van der Waals surface area contributed by atoms with Crippen LogP contribution in [0.2, 0.25) is 0 Å². The van der Waals surface area contributed by atoms with Gasteiger partial charge in [-0.15, -0.1) is 0 Å². The van der Waals surface area contributed by atoms with Crippen LogP contribution < -0.4 is 9.47 Å². The van der Waals surface area contributed by atoms with Gasteiger partial charge in [-0.05, 0) is 18.6 Å². The zero-order valence-corrected chi connectivity index (χ0v) is 12.8. The Kier molecular flexibility index (Phi) is 3.63. The van der Waals surface area contributed by atoms with Gasteiger partial charge in [0.2, 0.25) is 0 Å². The van der Waals surface area contributed by atoms with Crippen LogP contribution in [0.4, 0.5) is 0 Å². The molecule has 0 radical (unpaired) electrons. The highest BCUT2D eigenvalue weighted by Gasteiger charge is 2.49. The number of hydrogen-bond acceptors (Lipinski definition) is 6. The van der Waals surface area contributed by atoms with Crippen molar-refractivity contribution in [3.63, 3.8) is 0 Å². The van der Waals surface area contributed by atoms with Crippen LogP contribution in [-0.2, 0) is 4.74 Å². The molecule has 2 aliphatic rings. The molecule has 6 heteroatoms. The molecule has 0 amide bonds. The van der Waals surface area contributed by atoms with E-state index in [1.807, 2.05) is 0 Å². The summed E-state index contributed by atoms with van der Waals surface area (Å²) in [7, 11) is 2.99. The van der Waals surface area contributed by atoms with Gasteiger partial charge in [0.05, 0.1) is 38.4 Å². The molecule has 1 aliphatic heterocycles. The second-order valence-corrected chi connectivity index (χ2v) is 6.06. The van der Waals surface area contributed by atoms with Crippen LogP contribution in [0.15, 0.2) is 12.1 Å². The molecule has 1 saturated heterocycles. The number of ether oxygens (including phenoxy) is 3. The van der Waals surface area contributed by atoms with Crippen LogP contribution >= 0.6 is 0 Å². The first-order valence-electron chi connectivity index (χ1n) is 7.22. The van der Waals surface area contributed by atoms with Crippen molar-refractivity contribution < 1.29 is 29.2 Å². The summed E-state index contributed by atoms with van der Waals surface area (Å²) in [6, 6.07) is 3.28. The summed E-state index contributed by atoms with van der Waals surface area (Å²) in [6.07, 6.45) is -0.680. The fourth-order valence-electron chi connectivity index (χ4n) is 3.44. The number of rotatable bonds is 2. The van der Waals surface area contributed by atoms with Crippen molar-refractivity contribution in [2.24, 2.45) is 11.8 Å². The SMILES string of the molecule is COc1cc(OC)c2c(c1)C(O)C1CC(C)(O)OCC1C2=O. The summed E-state index contributed by atoms with van der Waals surface area (Å²) < 4.78 is 15.8. The number of aliphatic hydroxyl groups is 2. The average Bonchev–Trinajstić information content (AvgIpc) is 2.50. The number of aliphatic hydroxyl groups excluding tert-OH is 1. The number of ketones is 1. The van der Waals surface area contributed by atoms with E-state index >= 15 is 0 Å². The molecule has 120 valence electrons. The van der Waals surface area contributed by atoms with Crippen molar-refractivity contribution in [2.75, 3.05) is 20.8 Å². The Hall–Kier alpha value is -1.63. The number of carbonyl (C=O) groups is 1. The van der Waals surface area contributed by atoms with E-state index in [4.69, 9.17) is 14.2 Å². The maximum Gasteiger partial charge on any atom is 0.172 e. The quantitative estimate of drug-likeness (QED) is 0.856. The van der Waals surface area contributed by atoms with Gasteiger partial charge in [-0.3, -0.25) is 4.79 Å². The minimum absolute atomic E-state index is 0.0855. The Morgan fingerprint density at radius 2 is 2.05 bits per heavy atom. The Morgan fingerprint density at radius 3 is 2.68 bits per heavy atom. The standard InChI is InChI=1S/C16H20O6/c1-16(19)6-10-11(7-22-16)15(18)13-9(14(10)17)4-8(20-2)5-12(13)21-3/h4-5,10-11,14,17,19H,6-7H2,1-3H3. The maximum absolute atomic E-state index is 12.8. The van der Waals surface area contributed by atoms with Crippen molar-refractivity contribution >= 4 is 5.78 Å². The second kappa shape index (κ2) is 5.22. The van der Waals surface area contributed by atoms with Crippen molar-refractivity contribution in [2.45, 2.75) is 25.2 Å². The lowest BCUT2D eigenvalue weighted by molar-refractivity contribution is -0.242. The van der Waals surface area contributed by atoms with Crippen LogP contribution in [0.25, 0.3) is 0 Å². The maximum atomic E-state index is 12.8. The molecule has 1 aliphatic carbocycles. The van der Waals surface area contributed by atoms with Gasteiger partial charge >= 0.3 is 0 Å². The van der Waals surface area contributed by atoms with E-state index < -0.39 is 17.8 Å². The molecule has 22 heavy (non-hydrogen) atoms. The van der Waals surface area contributed by atoms with Gasteiger partial charge in [0.15, 0.2) is 11.6 Å². The summed E-state index contributed by atoms with van der Waals surface area (Å²) in [5.74, 6) is -1.43. The van der Waals surface area contributed by atoms with Gasteiger partial charge in [-0.25, -0.2) is 0 Å². The molecule has 1 aromatic rings. The molecule has 6 nitrogen and oxygen atoms in total. The summed E-state index contributed by atoms with van der Waals surface area (Å²) in [5, 5.41) is 20.8. The summed E-state index contributed by atoms with van der Waals surface area (Å²) in [6.45, 7) is 1.63. The third-order valence-electron chi connectivity index (χ3n) is 4.57. The largest absolute Gasteiger partial charge is 0.497 e. The van der Waals surface area contributed by atoms with E-state index in [2.05, 4.69) is 0 Å². The smallest absolute Gasteiger partial charge is 0.172 e. The number of Topliss-reactive ketones (excluding diaryl/α,β-unsaturated/α-hetero) is 1. The lowest BCUT2D eigenvalue weighted by atomic mass is 9.69. The normalized spacial score (nSPS) is 33.9. The molecule has 0 bridgehead atoms. The third-order valence-corrected chi connectivity index (χ3v) is 4.57. The zero-order chi connectivity index (χ0) is 16.1. The Morgan fingerprint density at radius 1 is 1.32 bits per heavy atom. The van der Waals surface area contributed by atoms with E-state index in [1.165, 1.54) is 14.2 Å². The van der Waals surface area contributed by atoms with Gasteiger partial charge in [-0.1, -0.05) is 0 Å². The van der Waals surface area contributed by atoms with Crippen LogP contribution in [0.1, 0.15) is 35.4 Å². The monoisotopic (exact) mass is 308 g/mol. The summed E-state index contributed by atoms with van der Waals surface area (Å²) in [5.41, 5.74) is 0.863. The van der Waals surface area contributed by atoms with E-state index in [0.29, 0.717) is 22.6 Å². The van der Waals surface area contributed by atoms with Gasteiger partial charge in [-0.2, -0.15) is 0 Å². The molecular weight excluding hydrogens is 288 g/mol. The molecule has 4 unspecified atom stereocenters. The molecule has 0 aromatic heterocycles. The van der Waals surface area contributed by atoms with Gasteiger partial charge in [0, 0.05) is 18.4 Å². The summed E-state index contributed by atoms with van der Waals surface area (Å²) >= 11 is 0. The molecule has 1 fully saturated rings. The second-order valence-electron chi connectivity index (χ2n) is 6.06. The molecular formula is C16H20O6. The van der Waals surface area contributed by atoms with Crippen LogP contribution in [-0.4, -0.2) is 42.6 Å². The number of methoxy groups -OCH3 is 2. The van der Waals surface area contributed by atoms with Crippen LogP contribution in [0.3, 0.4) is 0 Å². The van der Waals surface area contributed by atoms with Crippen molar-refractivity contribution in [3.05, 3.63) is 23.3 Å². The molecule has 0 saturated carbocycles. The Balaban J connectivity index is 2.12. The number of benzene rings is 1. The Bertz CT molecular complexity index is 609. The molecule has 3 rings (SSSR count). The van der Waals surface area contributed by atoms with E-state index in [0.717, 1.165) is 0 Å². The topological polar surface area (TPSA) is 85.2 Å². The molecule has 1 heterocycles. The number of hydrogen-bond donors (Lipinski definition) is 2. The van der Waals surface area contributed by atoms with Gasteiger partial charge in [0.1, 0.15) is 11.5 Å². The lowest BCUT2D eigenvalue weighted by Crippen LogP contribution is -2.49. The lowest BCUT2D eigenvalue weighted by Gasteiger charge is -2.44. The van der Waals surface area contributed by atoms with E-state index in [1.54, 1.807) is 19.1 Å². The first kappa shape index (κ1) is 15.3. The Labute approximate surface area is 128 Å². The third kappa shape index (κ3) is 2.27. The highest BCUT2D eigenvalue weighted by molar-refractivity contribution is 6.03. The van der Waals surface area contributed by atoms with Gasteiger partial charge in [0.25, 0.3) is 0 Å². The molecule has 1 aromatic carbocycles. The number of fused-ring (bicyclic) bond motifs is 2. The predicted molar refractivity (Wildman–Crippen MR) is 77.0 cm³/mol. The van der Waals surface area contributed by atoms with Crippen molar-refractivity contribution in [3.8, 4) is 11.5 Å². The highest BCUT2D eigenvalue weighted by Crippen LogP contribution is 2.48. The number of carbonyl (C=O) groups excluding carboxylic acids is 1. The fourth-order valence-corrected chi connectivity index (χ4v) is 3.44. The predicted octanol–water partition coefficient (Wildman–Crippen LogP) is 1.29. The minimum Gasteiger partial charge on any atom is -0.497 e. The van der Waals surface area contributed by atoms with Crippen LogP contribution in [0.5, 0.6) is 11.5 Å². The summed E-state index contributed by atoms with van der Waals surface area (Å²) in [4.78, 5) is 12.8. The highest BCUT2D eigenvalue weighted by atomic mass is 16.6. The van der Waals surface area contributed by atoms with Crippen LogP contribution in [0, 0.1) is 11.8 Å².